The maximum atomic E-state index is 13.1. The van der Waals surface area contributed by atoms with Gasteiger partial charge in [0.15, 0.2) is 0 Å². The van der Waals surface area contributed by atoms with Gasteiger partial charge in [0.1, 0.15) is 12.4 Å². The van der Waals surface area contributed by atoms with E-state index in [9.17, 15) is 9.59 Å². The topological polar surface area (TPSA) is 58.6 Å². The Kier molecular flexibility index (Phi) is 5.96. The molecule has 1 N–H and O–H groups in total. The summed E-state index contributed by atoms with van der Waals surface area (Å²) < 4.78 is 6.01. The molecule has 2 amide bonds. The minimum absolute atomic E-state index is 0.0635. The Morgan fingerprint density at radius 3 is 2.62 bits per heavy atom. The highest BCUT2D eigenvalue weighted by Gasteiger charge is 2.37. The number of ether oxygens (including phenoxy) is 1. The zero-order valence-corrected chi connectivity index (χ0v) is 17.9. The highest BCUT2D eigenvalue weighted by atomic mass is 16.5. The number of nitrogens with one attached hydrogen (secondary N) is 1. The smallest absolute Gasteiger partial charge is 0.255 e. The van der Waals surface area contributed by atoms with Gasteiger partial charge in [0.2, 0.25) is 5.91 Å². The molecule has 5 nitrogen and oxygen atoms in total. The van der Waals surface area contributed by atoms with E-state index in [4.69, 9.17) is 4.74 Å². The van der Waals surface area contributed by atoms with E-state index >= 15 is 0 Å². The highest BCUT2D eigenvalue weighted by molar-refractivity contribution is 6.06. The third-order valence-corrected chi connectivity index (χ3v) is 5.24. The fourth-order valence-electron chi connectivity index (χ4n) is 3.36. The quantitative estimate of drug-likeness (QED) is 0.772. The molecule has 0 radical (unpaired) electrons. The van der Waals surface area contributed by atoms with Gasteiger partial charge in [0.05, 0.1) is 11.1 Å². The molecule has 1 aliphatic rings. The summed E-state index contributed by atoms with van der Waals surface area (Å²) in [4.78, 5) is 27.6. The first-order valence-corrected chi connectivity index (χ1v) is 10.1. The van der Waals surface area contributed by atoms with Crippen molar-refractivity contribution in [1.29, 1.82) is 0 Å². The summed E-state index contributed by atoms with van der Waals surface area (Å²) in [6, 6.07) is 13.0. The number of fused-ring (bicyclic) bond motifs is 1. The maximum absolute atomic E-state index is 13.1. The zero-order valence-electron chi connectivity index (χ0n) is 17.9. The monoisotopic (exact) mass is 394 g/mol. The predicted octanol–water partition coefficient (Wildman–Crippen LogP) is 5.05. The Morgan fingerprint density at radius 2 is 1.93 bits per heavy atom. The fourth-order valence-corrected chi connectivity index (χ4v) is 3.36. The molecule has 154 valence electrons. The van der Waals surface area contributed by atoms with Gasteiger partial charge >= 0.3 is 0 Å². The normalized spacial score (nSPS) is 15.5. The van der Waals surface area contributed by atoms with Crippen LogP contribution in [0.4, 0.5) is 11.4 Å². The van der Waals surface area contributed by atoms with Crippen LogP contribution in [0.15, 0.2) is 42.5 Å². The average Bonchev–Trinajstić information content (AvgIpc) is 2.75. The standard InChI is InChI=1S/C24H30N2O3/c1-16(2)12-13-26-20-11-10-18(14-21(20)29-15-24(4,5)23(26)28)25-22(27)19-9-7-6-8-17(19)3/h6-11,14,16H,12-13,15H2,1-5H3,(H,25,27). The highest BCUT2D eigenvalue weighted by Crippen LogP contribution is 2.38. The van der Waals surface area contributed by atoms with Crippen molar-refractivity contribution in [2.75, 3.05) is 23.4 Å². The molecule has 3 rings (SSSR count). The van der Waals surface area contributed by atoms with Gasteiger partial charge in [-0.15, -0.1) is 0 Å². The molecule has 0 bridgehead atoms. The lowest BCUT2D eigenvalue weighted by Crippen LogP contribution is -2.42. The van der Waals surface area contributed by atoms with E-state index in [1.54, 1.807) is 6.07 Å². The SMILES string of the molecule is Cc1ccccc1C(=O)Nc1ccc2c(c1)OCC(C)(C)C(=O)N2CCC(C)C. The summed E-state index contributed by atoms with van der Waals surface area (Å²) in [5, 5.41) is 2.94. The number of aryl methyl sites for hydroxylation is 1. The van der Waals surface area contributed by atoms with E-state index in [0.717, 1.165) is 17.7 Å². The first kappa shape index (κ1) is 20.9. The van der Waals surface area contributed by atoms with Crippen molar-refractivity contribution >= 4 is 23.2 Å². The Hall–Kier alpha value is -2.82. The van der Waals surface area contributed by atoms with Crippen molar-refractivity contribution < 1.29 is 14.3 Å². The predicted molar refractivity (Wildman–Crippen MR) is 117 cm³/mol. The molecular formula is C24H30N2O3. The molecular weight excluding hydrogens is 364 g/mol. The summed E-state index contributed by atoms with van der Waals surface area (Å²) in [5.74, 6) is 1.01. The Labute approximate surface area is 173 Å². The Balaban J connectivity index is 1.89. The molecule has 29 heavy (non-hydrogen) atoms. The van der Waals surface area contributed by atoms with Gasteiger partial charge in [-0.25, -0.2) is 0 Å². The summed E-state index contributed by atoms with van der Waals surface area (Å²) in [7, 11) is 0. The molecule has 2 aromatic carbocycles. The van der Waals surface area contributed by atoms with E-state index in [1.807, 2.05) is 62.1 Å². The molecule has 0 spiro atoms. The lowest BCUT2D eigenvalue weighted by Gasteiger charge is -2.28. The van der Waals surface area contributed by atoms with Crippen LogP contribution < -0.4 is 15.0 Å². The first-order chi connectivity index (χ1) is 13.7. The fraction of sp³-hybridized carbons (Fsp3) is 0.417. The minimum Gasteiger partial charge on any atom is -0.490 e. The van der Waals surface area contributed by atoms with Crippen LogP contribution in [-0.2, 0) is 4.79 Å². The number of carbonyl (C=O) groups excluding carboxylic acids is 2. The third-order valence-electron chi connectivity index (χ3n) is 5.24. The summed E-state index contributed by atoms with van der Waals surface area (Å²) in [6.07, 6.45) is 0.910. The van der Waals surface area contributed by atoms with Crippen molar-refractivity contribution in [2.45, 2.75) is 41.0 Å². The van der Waals surface area contributed by atoms with Gasteiger partial charge in [0, 0.05) is 23.9 Å². The molecule has 1 aliphatic heterocycles. The van der Waals surface area contributed by atoms with Gasteiger partial charge in [-0.2, -0.15) is 0 Å². The van der Waals surface area contributed by atoms with Crippen LogP contribution in [0, 0.1) is 18.3 Å². The van der Waals surface area contributed by atoms with Gasteiger partial charge in [-0.3, -0.25) is 9.59 Å². The Bertz CT molecular complexity index is 918. The number of nitrogens with zero attached hydrogens (tertiary/aromatic N) is 1. The van der Waals surface area contributed by atoms with Crippen LogP contribution >= 0.6 is 0 Å². The van der Waals surface area contributed by atoms with Gasteiger partial charge in [-0.05, 0) is 56.9 Å². The van der Waals surface area contributed by atoms with Crippen LogP contribution in [0.3, 0.4) is 0 Å². The Morgan fingerprint density at radius 1 is 1.21 bits per heavy atom. The summed E-state index contributed by atoms with van der Waals surface area (Å²) in [6.45, 7) is 11.0. The number of amides is 2. The molecule has 0 fully saturated rings. The van der Waals surface area contributed by atoms with Crippen molar-refractivity contribution in [1.82, 2.24) is 0 Å². The summed E-state index contributed by atoms with van der Waals surface area (Å²) >= 11 is 0. The van der Waals surface area contributed by atoms with Gasteiger partial charge < -0.3 is 15.0 Å². The van der Waals surface area contributed by atoms with Crippen molar-refractivity contribution in [3.8, 4) is 5.75 Å². The number of hydrogen-bond acceptors (Lipinski definition) is 3. The van der Waals surface area contributed by atoms with E-state index < -0.39 is 5.41 Å². The van der Waals surface area contributed by atoms with Gasteiger partial charge in [0.25, 0.3) is 5.91 Å². The number of carbonyl (C=O) groups is 2. The number of anilines is 2. The largest absolute Gasteiger partial charge is 0.490 e. The second kappa shape index (κ2) is 8.27. The molecule has 0 saturated carbocycles. The lowest BCUT2D eigenvalue weighted by molar-refractivity contribution is -0.127. The zero-order chi connectivity index (χ0) is 21.2. The second-order valence-corrected chi connectivity index (χ2v) is 8.76. The van der Waals surface area contributed by atoms with Crippen LogP contribution in [0.5, 0.6) is 5.75 Å². The molecule has 0 unspecified atom stereocenters. The van der Waals surface area contributed by atoms with E-state index in [-0.39, 0.29) is 11.8 Å². The lowest BCUT2D eigenvalue weighted by atomic mass is 9.92. The van der Waals surface area contributed by atoms with Gasteiger partial charge in [-0.1, -0.05) is 32.0 Å². The van der Waals surface area contributed by atoms with Crippen LogP contribution in [0.25, 0.3) is 0 Å². The molecule has 5 heteroatoms. The van der Waals surface area contributed by atoms with E-state index in [1.165, 1.54) is 0 Å². The maximum Gasteiger partial charge on any atom is 0.255 e. The van der Waals surface area contributed by atoms with Crippen molar-refractivity contribution in [3.05, 3.63) is 53.6 Å². The number of hydrogen-bond donors (Lipinski definition) is 1. The molecule has 2 aromatic rings. The van der Waals surface area contributed by atoms with Crippen LogP contribution in [-0.4, -0.2) is 25.0 Å². The molecule has 0 aliphatic carbocycles. The van der Waals surface area contributed by atoms with Crippen LogP contribution in [0.2, 0.25) is 0 Å². The van der Waals surface area contributed by atoms with Crippen molar-refractivity contribution in [3.63, 3.8) is 0 Å². The molecule has 1 heterocycles. The summed E-state index contributed by atoms with van der Waals surface area (Å²) in [5.41, 5.74) is 2.35. The van der Waals surface area contributed by atoms with Crippen LogP contribution in [0.1, 0.15) is 50.0 Å². The average molecular weight is 395 g/mol. The van der Waals surface area contributed by atoms with Crippen molar-refractivity contribution in [2.24, 2.45) is 11.3 Å². The third kappa shape index (κ3) is 4.61. The molecule has 0 aromatic heterocycles. The molecule has 0 saturated heterocycles. The first-order valence-electron chi connectivity index (χ1n) is 10.1. The van der Waals surface area contributed by atoms with E-state index in [2.05, 4.69) is 19.2 Å². The number of benzene rings is 2. The number of rotatable bonds is 5. The second-order valence-electron chi connectivity index (χ2n) is 8.76. The molecule has 0 atom stereocenters. The minimum atomic E-state index is -0.611. The van der Waals surface area contributed by atoms with E-state index in [0.29, 0.717) is 36.1 Å².